The van der Waals surface area contributed by atoms with Crippen LogP contribution in [0.4, 0.5) is 29.2 Å². The second kappa shape index (κ2) is 11.1. The summed E-state index contributed by atoms with van der Waals surface area (Å²) < 4.78 is 60.0. The second-order valence-electron chi connectivity index (χ2n) is 10.2. The van der Waals surface area contributed by atoms with Crippen LogP contribution in [0.25, 0.3) is 22.2 Å². The van der Waals surface area contributed by atoms with Crippen LogP contribution in [-0.4, -0.2) is 45.7 Å². The van der Waals surface area contributed by atoms with E-state index in [1.54, 1.807) is 27.7 Å². The van der Waals surface area contributed by atoms with E-state index in [2.05, 4.69) is 25.9 Å². The van der Waals surface area contributed by atoms with Crippen LogP contribution in [-0.2, 0) is 4.79 Å². The van der Waals surface area contributed by atoms with Crippen molar-refractivity contribution in [1.82, 2.24) is 19.9 Å². The van der Waals surface area contributed by atoms with Gasteiger partial charge in [0.2, 0.25) is 11.9 Å². The third-order valence-electron chi connectivity index (χ3n) is 6.23. The van der Waals surface area contributed by atoms with Gasteiger partial charge in [0.1, 0.15) is 17.5 Å². The molecule has 3 N–H and O–H groups in total. The van der Waals surface area contributed by atoms with E-state index in [-0.39, 0.29) is 48.5 Å². The summed E-state index contributed by atoms with van der Waals surface area (Å²) in [6.45, 7) is 7.72. The Morgan fingerprint density at radius 2 is 1.87 bits per heavy atom. The molecule has 1 aromatic carbocycles. The molecule has 0 spiro atoms. The minimum atomic E-state index is -1.60. The third-order valence-corrected chi connectivity index (χ3v) is 6.23. The topological polar surface area (TPSA) is 101 Å². The summed E-state index contributed by atoms with van der Waals surface area (Å²) in [5.41, 5.74) is -2.27. The van der Waals surface area contributed by atoms with Gasteiger partial charge in [-0.2, -0.15) is 4.98 Å². The highest BCUT2D eigenvalue weighted by Crippen LogP contribution is 2.32. The minimum absolute atomic E-state index is 0.00547. The molecule has 2 atom stereocenters. The van der Waals surface area contributed by atoms with Gasteiger partial charge in [-0.15, -0.1) is 0 Å². The van der Waals surface area contributed by atoms with Crippen molar-refractivity contribution >= 4 is 28.6 Å². The zero-order valence-corrected chi connectivity index (χ0v) is 21.5. The van der Waals surface area contributed by atoms with Crippen molar-refractivity contribution in [2.75, 3.05) is 23.7 Å². The molecule has 0 radical (unpaired) electrons. The first-order chi connectivity index (χ1) is 18.0. The van der Waals surface area contributed by atoms with Crippen molar-refractivity contribution in [1.29, 1.82) is 0 Å². The number of benzene rings is 1. The average Bonchev–Trinajstić information content (AvgIpc) is 2.83. The van der Waals surface area contributed by atoms with Crippen LogP contribution >= 0.6 is 0 Å². The normalized spacial score (nSPS) is 17.8. The van der Waals surface area contributed by atoms with Gasteiger partial charge in [-0.1, -0.05) is 13.8 Å². The van der Waals surface area contributed by atoms with Gasteiger partial charge in [-0.05, 0) is 31.9 Å². The largest absolute Gasteiger partial charge is 0.350 e. The number of aromatic nitrogens is 3. The summed E-state index contributed by atoms with van der Waals surface area (Å²) in [7, 11) is 0. The van der Waals surface area contributed by atoms with Crippen molar-refractivity contribution in [2.24, 2.45) is 5.92 Å². The van der Waals surface area contributed by atoms with Crippen LogP contribution in [0, 0.1) is 23.4 Å². The molecule has 8 nitrogen and oxygen atoms in total. The maximum absolute atomic E-state index is 15.2. The fraction of sp³-hybridized carbons (Fsp3) is 0.462. The summed E-state index contributed by atoms with van der Waals surface area (Å²) in [6, 6.07) is 1.26. The summed E-state index contributed by atoms with van der Waals surface area (Å²) >= 11 is 0. The number of piperidine rings is 1. The number of hydrogen-bond donors (Lipinski definition) is 3. The Morgan fingerprint density at radius 1 is 1.13 bits per heavy atom. The third kappa shape index (κ3) is 5.64. The molecule has 38 heavy (non-hydrogen) atoms. The van der Waals surface area contributed by atoms with Crippen LogP contribution in [0.3, 0.4) is 0 Å². The van der Waals surface area contributed by atoms with Crippen LogP contribution in [0.2, 0.25) is 0 Å². The molecule has 1 fully saturated rings. The number of nitrogens with one attached hydrogen (secondary N) is 3. The van der Waals surface area contributed by atoms with Crippen LogP contribution in [0.1, 0.15) is 46.6 Å². The lowest BCUT2D eigenvalue weighted by Gasteiger charge is -2.26. The second-order valence-corrected chi connectivity index (χ2v) is 10.2. The molecule has 4 rings (SSSR count). The molecule has 0 aliphatic carbocycles. The van der Waals surface area contributed by atoms with Crippen LogP contribution in [0.15, 0.2) is 23.1 Å². The maximum atomic E-state index is 15.2. The van der Waals surface area contributed by atoms with Gasteiger partial charge in [0.25, 0.3) is 5.56 Å². The van der Waals surface area contributed by atoms with Gasteiger partial charge >= 0.3 is 0 Å². The first kappa shape index (κ1) is 27.5. The number of hydrogen-bond acceptors (Lipinski definition) is 6. The van der Waals surface area contributed by atoms with Crippen LogP contribution < -0.4 is 21.5 Å². The highest BCUT2D eigenvalue weighted by Gasteiger charge is 2.26. The predicted molar refractivity (Wildman–Crippen MR) is 137 cm³/mol. The number of alkyl halides is 1. The Labute approximate surface area is 216 Å². The highest BCUT2D eigenvalue weighted by molar-refractivity contribution is 5.91. The van der Waals surface area contributed by atoms with Crippen LogP contribution in [0.5, 0.6) is 0 Å². The number of amides is 1. The summed E-state index contributed by atoms with van der Waals surface area (Å²) in [5.74, 6) is -4.83. The van der Waals surface area contributed by atoms with E-state index in [0.29, 0.717) is 18.0 Å². The first-order valence-corrected chi connectivity index (χ1v) is 12.5. The molecule has 1 saturated heterocycles. The zero-order chi connectivity index (χ0) is 27.7. The van der Waals surface area contributed by atoms with Gasteiger partial charge in [0.15, 0.2) is 17.5 Å². The zero-order valence-electron chi connectivity index (χ0n) is 21.5. The number of carbonyl (C=O) groups is 1. The lowest BCUT2D eigenvalue weighted by atomic mass is 10.0. The van der Waals surface area contributed by atoms with E-state index in [9.17, 15) is 22.8 Å². The first-order valence-electron chi connectivity index (χ1n) is 12.5. The SMILES string of the molecule is CC(C)CC(=O)Nc1c(F)cc(-c2cc3cnc(N[C@@H]4CNC[C@@H](F)C4)nc3n(C(C)C)c2=O)c(F)c1F. The standard InChI is InChI=1S/C26H30F4N6O2/c1-12(2)5-20(37)34-23-19(28)8-17(21(29)22(23)30)18-6-14-9-32-26(33-16-7-15(27)10-31-11-16)35-24(14)36(13(3)4)25(18)38/h6,8-9,12-13,15-16,31H,5,7,10-11H2,1-4H3,(H,34,37)(H,32,33,35)/t15-,16-/m0/s1. The van der Waals surface area contributed by atoms with Gasteiger partial charge < -0.3 is 16.0 Å². The monoisotopic (exact) mass is 534 g/mol. The number of fused-ring (bicyclic) bond motifs is 1. The van der Waals surface area contributed by atoms with E-state index in [1.165, 1.54) is 16.8 Å². The fourth-order valence-corrected chi connectivity index (χ4v) is 4.51. The van der Waals surface area contributed by atoms with Crippen molar-refractivity contribution in [3.8, 4) is 11.1 Å². The van der Waals surface area contributed by atoms with Gasteiger partial charge in [0.05, 0.1) is 5.56 Å². The van der Waals surface area contributed by atoms with E-state index in [1.807, 2.05) is 0 Å². The molecule has 0 unspecified atom stereocenters. The molecular formula is C26H30F4N6O2. The van der Waals surface area contributed by atoms with E-state index < -0.39 is 52.4 Å². The molecule has 204 valence electrons. The van der Waals surface area contributed by atoms with Gasteiger partial charge in [0, 0.05) is 55.2 Å². The lowest BCUT2D eigenvalue weighted by molar-refractivity contribution is -0.116. The van der Waals surface area contributed by atoms with Gasteiger partial charge in [-0.3, -0.25) is 14.2 Å². The number of nitrogens with zero attached hydrogens (tertiary/aromatic N) is 3. The summed E-state index contributed by atoms with van der Waals surface area (Å²) in [6.07, 6.45) is 0.660. The molecular weight excluding hydrogens is 504 g/mol. The summed E-state index contributed by atoms with van der Waals surface area (Å²) in [4.78, 5) is 34.2. The van der Waals surface area contributed by atoms with Crippen molar-refractivity contribution in [3.05, 3.63) is 46.1 Å². The van der Waals surface area contributed by atoms with E-state index in [4.69, 9.17) is 0 Å². The maximum Gasteiger partial charge on any atom is 0.260 e. The smallest absolute Gasteiger partial charge is 0.260 e. The molecule has 1 aliphatic heterocycles. The number of pyridine rings is 1. The average molecular weight is 535 g/mol. The molecule has 3 aromatic rings. The molecule has 2 aromatic heterocycles. The molecule has 12 heteroatoms. The number of carbonyl (C=O) groups excluding carboxylic acids is 1. The fourth-order valence-electron chi connectivity index (χ4n) is 4.51. The quantitative estimate of drug-likeness (QED) is 0.304. The van der Waals surface area contributed by atoms with Crippen molar-refractivity contribution in [3.63, 3.8) is 0 Å². The van der Waals surface area contributed by atoms with E-state index in [0.717, 1.165) is 0 Å². The molecule has 0 saturated carbocycles. The van der Waals surface area contributed by atoms with Gasteiger partial charge in [-0.25, -0.2) is 22.5 Å². The van der Waals surface area contributed by atoms with Crippen molar-refractivity contribution < 1.29 is 22.4 Å². The van der Waals surface area contributed by atoms with Crippen molar-refractivity contribution in [2.45, 2.75) is 58.8 Å². The highest BCUT2D eigenvalue weighted by atomic mass is 19.2. The molecule has 3 heterocycles. The minimum Gasteiger partial charge on any atom is -0.350 e. The molecule has 1 amide bonds. The Kier molecular flexibility index (Phi) is 8.00. The Balaban J connectivity index is 1.77. The molecule has 0 bridgehead atoms. The lowest BCUT2D eigenvalue weighted by Crippen LogP contribution is -2.44. The Bertz CT molecular complexity index is 1430. The number of rotatable bonds is 7. The van der Waals surface area contributed by atoms with E-state index >= 15 is 4.39 Å². The Morgan fingerprint density at radius 3 is 2.53 bits per heavy atom. The molecule has 1 aliphatic rings. The number of anilines is 2. The summed E-state index contributed by atoms with van der Waals surface area (Å²) in [5, 5.41) is 8.44. The predicted octanol–water partition coefficient (Wildman–Crippen LogP) is 4.55. The number of halogens is 4. The Hall–Kier alpha value is -3.54.